The highest BCUT2D eigenvalue weighted by molar-refractivity contribution is 7.99. The summed E-state index contributed by atoms with van der Waals surface area (Å²) in [5, 5.41) is 6.11. The van der Waals surface area contributed by atoms with Crippen molar-refractivity contribution in [1.29, 1.82) is 0 Å². The smallest absolute Gasteiger partial charge is 0.238 e. The van der Waals surface area contributed by atoms with E-state index >= 15 is 0 Å². The number of hydrogen-bond acceptors (Lipinski definition) is 5. The minimum atomic E-state index is -0.0531. The Morgan fingerprint density at radius 3 is 2.30 bits per heavy atom. The number of hydrogen-bond donors (Lipinski definition) is 2. The van der Waals surface area contributed by atoms with Crippen LogP contribution >= 0.6 is 11.8 Å². The van der Waals surface area contributed by atoms with Crippen LogP contribution < -0.4 is 10.6 Å². The standard InChI is InChI=1S/C19H34N4O3S/c1-15(2)12-18(25)23-10-8-22(9-11-23)17(24)6-4-3-5-7-20-19(26)16-13-27-14-21-16/h15-16,21H,3-14H2,1-2H3,(H,20,26). The summed E-state index contributed by atoms with van der Waals surface area (Å²) in [4.78, 5) is 40.0. The molecule has 0 aliphatic carbocycles. The molecule has 2 rings (SSSR count). The number of carbonyl (C=O) groups excluding carboxylic acids is 3. The van der Waals surface area contributed by atoms with E-state index < -0.39 is 0 Å². The fraction of sp³-hybridized carbons (Fsp3) is 0.842. The number of carbonyl (C=O) groups is 3. The summed E-state index contributed by atoms with van der Waals surface area (Å²) in [5.74, 6) is 2.53. The van der Waals surface area contributed by atoms with E-state index in [1.807, 2.05) is 23.6 Å². The van der Waals surface area contributed by atoms with Crippen molar-refractivity contribution in [2.75, 3.05) is 44.4 Å². The number of unbranched alkanes of at least 4 members (excludes halogenated alkanes) is 2. The van der Waals surface area contributed by atoms with Crippen molar-refractivity contribution < 1.29 is 14.4 Å². The average Bonchev–Trinajstić information content (AvgIpc) is 3.18. The lowest BCUT2D eigenvalue weighted by Crippen LogP contribution is -2.50. The zero-order chi connectivity index (χ0) is 19.6. The second-order valence-electron chi connectivity index (χ2n) is 7.73. The van der Waals surface area contributed by atoms with Gasteiger partial charge in [0, 0.05) is 57.2 Å². The van der Waals surface area contributed by atoms with Gasteiger partial charge in [0.1, 0.15) is 0 Å². The van der Waals surface area contributed by atoms with Crippen molar-refractivity contribution >= 4 is 29.5 Å². The van der Waals surface area contributed by atoms with E-state index in [1.165, 1.54) is 0 Å². The number of nitrogens with one attached hydrogen (secondary N) is 2. The molecular weight excluding hydrogens is 364 g/mol. The molecule has 0 saturated carbocycles. The molecule has 8 heteroatoms. The number of rotatable bonds is 9. The Bertz CT molecular complexity index is 501. The second kappa shape index (κ2) is 11.5. The number of nitrogens with zero attached hydrogens (tertiary/aromatic N) is 2. The first kappa shape index (κ1) is 22.0. The maximum absolute atomic E-state index is 12.3. The van der Waals surface area contributed by atoms with Gasteiger partial charge in [0.25, 0.3) is 0 Å². The van der Waals surface area contributed by atoms with Gasteiger partial charge in [0.2, 0.25) is 17.7 Å². The van der Waals surface area contributed by atoms with E-state index in [0.29, 0.717) is 51.5 Å². The molecule has 2 heterocycles. The molecule has 27 heavy (non-hydrogen) atoms. The van der Waals surface area contributed by atoms with E-state index in [9.17, 15) is 14.4 Å². The van der Waals surface area contributed by atoms with Crippen LogP contribution in [0.1, 0.15) is 46.0 Å². The topological polar surface area (TPSA) is 81.8 Å². The zero-order valence-electron chi connectivity index (χ0n) is 16.7. The lowest BCUT2D eigenvalue weighted by atomic mass is 10.1. The molecule has 1 unspecified atom stereocenters. The van der Waals surface area contributed by atoms with Crippen LogP contribution in [0.2, 0.25) is 0 Å². The molecule has 2 fully saturated rings. The lowest BCUT2D eigenvalue weighted by Gasteiger charge is -2.35. The van der Waals surface area contributed by atoms with Gasteiger partial charge in [-0.3, -0.25) is 19.7 Å². The maximum atomic E-state index is 12.3. The Kier molecular flexibility index (Phi) is 9.41. The predicted octanol–water partition coefficient (Wildman–Crippen LogP) is 1.04. The number of amides is 3. The fourth-order valence-electron chi connectivity index (χ4n) is 3.32. The van der Waals surface area contributed by atoms with Crippen molar-refractivity contribution in [2.24, 2.45) is 5.92 Å². The van der Waals surface area contributed by atoms with Crippen LogP contribution in [0, 0.1) is 5.92 Å². The molecule has 3 amide bonds. The summed E-state index contributed by atoms with van der Waals surface area (Å²) in [7, 11) is 0. The molecule has 2 aliphatic heterocycles. The minimum absolute atomic E-state index is 0.0531. The SMILES string of the molecule is CC(C)CC(=O)N1CCN(C(=O)CCCCCNC(=O)C2CSCN2)CC1. The van der Waals surface area contributed by atoms with Crippen LogP contribution in [0.4, 0.5) is 0 Å². The van der Waals surface area contributed by atoms with Crippen LogP contribution in [0.15, 0.2) is 0 Å². The molecule has 2 aliphatic rings. The molecule has 0 radical (unpaired) electrons. The molecule has 2 saturated heterocycles. The van der Waals surface area contributed by atoms with Gasteiger partial charge in [-0.2, -0.15) is 0 Å². The highest BCUT2D eigenvalue weighted by Crippen LogP contribution is 2.11. The second-order valence-corrected chi connectivity index (χ2v) is 8.76. The third kappa shape index (κ3) is 7.70. The number of piperazine rings is 1. The fourth-order valence-corrected chi connectivity index (χ4v) is 4.26. The molecule has 2 N–H and O–H groups in total. The maximum Gasteiger partial charge on any atom is 0.238 e. The van der Waals surface area contributed by atoms with Crippen LogP contribution in [0.3, 0.4) is 0 Å². The summed E-state index contributed by atoms with van der Waals surface area (Å²) >= 11 is 1.74. The molecular formula is C19H34N4O3S. The minimum Gasteiger partial charge on any atom is -0.355 e. The summed E-state index contributed by atoms with van der Waals surface area (Å²) in [6, 6.07) is -0.0531. The quantitative estimate of drug-likeness (QED) is 0.567. The molecule has 0 spiro atoms. The molecule has 7 nitrogen and oxygen atoms in total. The molecule has 0 aromatic rings. The lowest BCUT2D eigenvalue weighted by molar-refractivity contribution is -0.140. The Hall–Kier alpha value is -1.28. The van der Waals surface area contributed by atoms with Gasteiger partial charge >= 0.3 is 0 Å². The highest BCUT2D eigenvalue weighted by Gasteiger charge is 2.24. The summed E-state index contributed by atoms with van der Waals surface area (Å²) in [6.07, 6.45) is 3.82. The Morgan fingerprint density at radius 2 is 1.70 bits per heavy atom. The van der Waals surface area contributed by atoms with Crippen molar-refractivity contribution in [3.8, 4) is 0 Å². The van der Waals surface area contributed by atoms with Crippen molar-refractivity contribution in [3.63, 3.8) is 0 Å². The first-order valence-electron chi connectivity index (χ1n) is 10.1. The first-order chi connectivity index (χ1) is 13.0. The van der Waals surface area contributed by atoms with Gasteiger partial charge in [0.05, 0.1) is 6.04 Å². The van der Waals surface area contributed by atoms with Crippen molar-refractivity contribution in [3.05, 3.63) is 0 Å². The summed E-state index contributed by atoms with van der Waals surface area (Å²) in [5.41, 5.74) is 0. The third-order valence-electron chi connectivity index (χ3n) is 4.97. The van der Waals surface area contributed by atoms with Gasteiger partial charge in [0.15, 0.2) is 0 Å². The van der Waals surface area contributed by atoms with Gasteiger partial charge < -0.3 is 15.1 Å². The van der Waals surface area contributed by atoms with E-state index in [4.69, 9.17) is 0 Å². The summed E-state index contributed by atoms with van der Waals surface area (Å²) < 4.78 is 0. The number of thioether (sulfide) groups is 1. The average molecular weight is 399 g/mol. The third-order valence-corrected chi connectivity index (χ3v) is 5.91. The molecule has 154 valence electrons. The van der Waals surface area contributed by atoms with Crippen molar-refractivity contribution in [1.82, 2.24) is 20.4 Å². The van der Waals surface area contributed by atoms with E-state index in [-0.39, 0.29) is 23.8 Å². The van der Waals surface area contributed by atoms with E-state index in [1.54, 1.807) is 11.8 Å². The van der Waals surface area contributed by atoms with Crippen LogP contribution in [0.5, 0.6) is 0 Å². The Balaban J connectivity index is 1.51. The van der Waals surface area contributed by atoms with Gasteiger partial charge in [-0.25, -0.2) is 0 Å². The summed E-state index contributed by atoms with van der Waals surface area (Å²) in [6.45, 7) is 7.36. The van der Waals surface area contributed by atoms with Gasteiger partial charge in [-0.1, -0.05) is 20.3 Å². The molecule has 0 aromatic carbocycles. The van der Waals surface area contributed by atoms with Crippen molar-refractivity contribution in [2.45, 2.75) is 52.0 Å². The van der Waals surface area contributed by atoms with E-state index in [2.05, 4.69) is 10.6 Å². The molecule has 0 aromatic heterocycles. The molecule has 0 bridgehead atoms. The highest BCUT2D eigenvalue weighted by atomic mass is 32.2. The predicted molar refractivity (Wildman–Crippen MR) is 108 cm³/mol. The van der Waals surface area contributed by atoms with Gasteiger partial charge in [-0.05, 0) is 18.8 Å². The Morgan fingerprint density at radius 1 is 1.04 bits per heavy atom. The zero-order valence-corrected chi connectivity index (χ0v) is 17.5. The van der Waals surface area contributed by atoms with Crippen LogP contribution in [0.25, 0.3) is 0 Å². The monoisotopic (exact) mass is 398 g/mol. The first-order valence-corrected chi connectivity index (χ1v) is 11.3. The van der Waals surface area contributed by atoms with Crippen LogP contribution in [-0.2, 0) is 14.4 Å². The molecule has 1 atom stereocenters. The Labute approximate surface area is 167 Å². The van der Waals surface area contributed by atoms with E-state index in [0.717, 1.165) is 30.9 Å². The van der Waals surface area contributed by atoms with Crippen LogP contribution in [-0.4, -0.2) is 77.9 Å². The van der Waals surface area contributed by atoms with Gasteiger partial charge in [-0.15, -0.1) is 11.8 Å². The normalized spacial score (nSPS) is 20.2. The largest absolute Gasteiger partial charge is 0.355 e.